The number of nitrogens with two attached hydrogens (primary N) is 1. The third-order valence-electron chi connectivity index (χ3n) is 3.87. The lowest BCUT2D eigenvalue weighted by atomic mass is 10.1. The van der Waals surface area contributed by atoms with Crippen LogP contribution in [0.3, 0.4) is 0 Å². The number of nitrogens with zero attached hydrogens (tertiary/aromatic N) is 5. The Morgan fingerprint density at radius 1 is 1.30 bits per heavy atom. The first-order valence-corrected chi connectivity index (χ1v) is 6.98. The molecular weight excluding hydrogens is 311 g/mol. The zero-order valence-corrected chi connectivity index (χ0v) is 12.6. The minimum atomic E-state index is -4.57. The van der Waals surface area contributed by atoms with Crippen LogP contribution in [-0.4, -0.2) is 45.9 Å². The maximum atomic E-state index is 12.8. The quantitative estimate of drug-likeness (QED) is 0.879. The Balaban J connectivity index is 1.95. The summed E-state index contributed by atoms with van der Waals surface area (Å²) in [5.74, 6) is 0.614. The summed E-state index contributed by atoms with van der Waals surface area (Å²) in [7, 11) is 1.87. The summed E-state index contributed by atoms with van der Waals surface area (Å²) in [5, 5.41) is 6.53. The number of hydrogen-bond acceptors (Lipinski definition) is 6. The third kappa shape index (κ3) is 2.81. The summed E-state index contributed by atoms with van der Waals surface area (Å²) in [6.45, 7) is 2.86. The van der Waals surface area contributed by atoms with Crippen molar-refractivity contribution < 1.29 is 13.2 Å². The monoisotopic (exact) mass is 327 g/mol. The second-order valence-electron chi connectivity index (χ2n) is 5.38. The molecule has 0 spiro atoms. The first kappa shape index (κ1) is 15.5. The average Bonchev–Trinajstić information content (AvgIpc) is 2.78. The van der Waals surface area contributed by atoms with Crippen LogP contribution < -0.4 is 16.0 Å². The average molecular weight is 327 g/mol. The maximum absolute atomic E-state index is 12.8. The molecule has 23 heavy (non-hydrogen) atoms. The van der Waals surface area contributed by atoms with Gasteiger partial charge in [0.25, 0.3) is 0 Å². The minimum Gasteiger partial charge on any atom is -0.368 e. The van der Waals surface area contributed by atoms with E-state index in [1.807, 2.05) is 11.9 Å². The Hall–Kier alpha value is -2.36. The van der Waals surface area contributed by atoms with Crippen molar-refractivity contribution in [1.82, 2.24) is 25.1 Å². The Labute approximate surface area is 130 Å². The Morgan fingerprint density at radius 2 is 2.00 bits per heavy atom. The second-order valence-corrected chi connectivity index (χ2v) is 5.38. The highest BCUT2D eigenvalue weighted by Gasteiger charge is 2.34. The van der Waals surface area contributed by atoms with Crippen LogP contribution in [0.15, 0.2) is 12.3 Å². The number of halogens is 3. The highest BCUT2D eigenvalue weighted by Crippen LogP contribution is 2.31. The van der Waals surface area contributed by atoms with Gasteiger partial charge in [-0.1, -0.05) is 0 Å². The number of nitrogen functional groups attached to an aromatic ring is 1. The summed E-state index contributed by atoms with van der Waals surface area (Å²) in [4.78, 5) is 10.2. The molecule has 0 bridgehead atoms. The van der Waals surface area contributed by atoms with Crippen LogP contribution in [0.4, 0.5) is 24.9 Å². The Morgan fingerprint density at radius 3 is 2.57 bits per heavy atom. The highest BCUT2D eigenvalue weighted by atomic mass is 19.4. The van der Waals surface area contributed by atoms with Gasteiger partial charge in [0.1, 0.15) is 5.82 Å². The van der Waals surface area contributed by atoms with Gasteiger partial charge in [0.2, 0.25) is 5.95 Å². The van der Waals surface area contributed by atoms with Crippen molar-refractivity contribution in [1.29, 1.82) is 0 Å². The highest BCUT2D eigenvalue weighted by molar-refractivity contribution is 5.66. The molecule has 1 saturated heterocycles. The van der Waals surface area contributed by atoms with E-state index in [-0.39, 0.29) is 21.9 Å². The predicted molar refractivity (Wildman–Crippen MR) is 78.8 cm³/mol. The van der Waals surface area contributed by atoms with Gasteiger partial charge in [0.05, 0.1) is 17.6 Å². The van der Waals surface area contributed by atoms with E-state index in [1.165, 1.54) is 6.92 Å². The molecule has 3 heterocycles. The van der Waals surface area contributed by atoms with Crippen molar-refractivity contribution in [3.63, 3.8) is 0 Å². The zero-order chi connectivity index (χ0) is 16.8. The van der Waals surface area contributed by atoms with Crippen molar-refractivity contribution in [3.05, 3.63) is 18.0 Å². The van der Waals surface area contributed by atoms with Gasteiger partial charge < -0.3 is 16.0 Å². The summed E-state index contributed by atoms with van der Waals surface area (Å²) < 4.78 is 38.5. The van der Waals surface area contributed by atoms with Crippen LogP contribution in [0.2, 0.25) is 0 Å². The number of hydrogen-bond donors (Lipinski definition) is 2. The second kappa shape index (κ2) is 5.37. The number of likely N-dealkylation sites (N-methyl/N-ethyl adjacent to an activating group) is 1. The van der Waals surface area contributed by atoms with Crippen LogP contribution in [0.25, 0.3) is 11.3 Å². The molecule has 0 aliphatic carbocycles. The fourth-order valence-corrected chi connectivity index (χ4v) is 2.52. The van der Waals surface area contributed by atoms with Crippen molar-refractivity contribution in [2.75, 3.05) is 30.8 Å². The number of anilines is 2. The lowest BCUT2D eigenvalue weighted by molar-refractivity contribution is -0.213. The van der Waals surface area contributed by atoms with Crippen LogP contribution in [0, 0.1) is 6.92 Å². The van der Waals surface area contributed by atoms with E-state index >= 15 is 0 Å². The van der Waals surface area contributed by atoms with Crippen LogP contribution in [-0.2, 0) is 6.30 Å². The molecule has 0 aromatic carbocycles. The lowest BCUT2D eigenvalue weighted by Gasteiger charge is -2.40. The Kier molecular flexibility index (Phi) is 3.63. The molecule has 2 aromatic heterocycles. The zero-order valence-electron chi connectivity index (χ0n) is 12.6. The van der Waals surface area contributed by atoms with Crippen LogP contribution in [0.5, 0.6) is 0 Å². The smallest absolute Gasteiger partial charge is 0.368 e. The predicted octanol–water partition coefficient (Wildman–Crippen LogP) is 1.12. The molecule has 7 nitrogen and oxygen atoms in total. The summed E-state index contributed by atoms with van der Waals surface area (Å²) in [6.07, 6.45) is -3.43. The molecule has 0 radical (unpaired) electrons. The molecule has 124 valence electrons. The molecule has 0 amide bonds. The van der Waals surface area contributed by atoms with Crippen LogP contribution in [0.1, 0.15) is 5.69 Å². The SMILES string of the molecule is CNC1CN(c2cc(-c3cnn(C(F)(F)F)c3C)nc(N)n2)C1. The van der Waals surface area contributed by atoms with Gasteiger partial charge in [-0.05, 0) is 14.0 Å². The van der Waals surface area contributed by atoms with Gasteiger partial charge in [0.15, 0.2) is 0 Å². The molecule has 2 aromatic rings. The maximum Gasteiger partial charge on any atom is 0.504 e. The fraction of sp³-hybridized carbons (Fsp3) is 0.462. The van der Waals surface area contributed by atoms with E-state index in [9.17, 15) is 13.2 Å². The van der Waals surface area contributed by atoms with Gasteiger partial charge in [0, 0.05) is 30.8 Å². The molecule has 0 atom stereocenters. The lowest BCUT2D eigenvalue weighted by Crippen LogP contribution is -2.57. The van der Waals surface area contributed by atoms with Gasteiger partial charge in [-0.25, -0.2) is 4.98 Å². The van der Waals surface area contributed by atoms with Crippen molar-refractivity contribution in [2.45, 2.75) is 19.3 Å². The summed E-state index contributed by atoms with van der Waals surface area (Å²) >= 11 is 0. The molecule has 0 saturated carbocycles. The van der Waals surface area contributed by atoms with Gasteiger partial charge in [-0.15, -0.1) is 13.2 Å². The number of alkyl halides is 3. The van der Waals surface area contributed by atoms with Gasteiger partial charge in [-0.3, -0.25) is 0 Å². The number of aromatic nitrogens is 4. The molecule has 0 unspecified atom stereocenters. The molecule has 3 rings (SSSR count). The summed E-state index contributed by atoms with van der Waals surface area (Å²) in [6, 6.07) is 2.00. The third-order valence-corrected chi connectivity index (χ3v) is 3.87. The van der Waals surface area contributed by atoms with Crippen molar-refractivity contribution >= 4 is 11.8 Å². The molecule has 1 fully saturated rings. The van der Waals surface area contributed by atoms with Crippen molar-refractivity contribution in [3.8, 4) is 11.3 Å². The molecular formula is C13H16F3N7. The van der Waals surface area contributed by atoms with Crippen molar-refractivity contribution in [2.24, 2.45) is 0 Å². The van der Waals surface area contributed by atoms with E-state index in [1.54, 1.807) is 6.07 Å². The first-order valence-electron chi connectivity index (χ1n) is 6.98. The van der Waals surface area contributed by atoms with E-state index in [0.717, 1.165) is 19.3 Å². The van der Waals surface area contributed by atoms with Gasteiger partial charge >= 0.3 is 6.30 Å². The fourth-order valence-electron chi connectivity index (χ4n) is 2.52. The normalized spacial score (nSPS) is 15.8. The van der Waals surface area contributed by atoms with E-state index in [2.05, 4.69) is 20.4 Å². The first-order chi connectivity index (χ1) is 10.8. The largest absolute Gasteiger partial charge is 0.504 e. The molecule has 10 heteroatoms. The molecule has 3 N–H and O–H groups in total. The Bertz CT molecular complexity index is 719. The number of nitrogens with one attached hydrogen (secondary N) is 1. The summed E-state index contributed by atoms with van der Waals surface area (Å²) in [5.41, 5.74) is 6.27. The number of rotatable bonds is 3. The standard InChI is InChI=1S/C13H16F3N7/c1-7-9(4-19-23(7)13(14,15)16)10-3-11(21-12(17)20-10)22-5-8(6-22)18-2/h3-4,8,18H,5-6H2,1-2H3,(H2,17,20,21). The van der Waals surface area contributed by atoms with Gasteiger partial charge in [-0.2, -0.15) is 14.8 Å². The molecule has 1 aliphatic heterocycles. The molecule has 1 aliphatic rings. The minimum absolute atomic E-state index is 0.0149. The van der Waals surface area contributed by atoms with E-state index < -0.39 is 6.30 Å². The van der Waals surface area contributed by atoms with E-state index in [4.69, 9.17) is 5.73 Å². The van der Waals surface area contributed by atoms with Crippen LogP contribution >= 0.6 is 0 Å². The topological polar surface area (TPSA) is 84.9 Å². The van der Waals surface area contributed by atoms with E-state index in [0.29, 0.717) is 17.6 Å².